The van der Waals surface area contributed by atoms with Crippen LogP contribution in [0.5, 0.6) is 0 Å². The molecule has 1 aromatic carbocycles. The van der Waals surface area contributed by atoms with Gasteiger partial charge in [0, 0.05) is 42.7 Å². The monoisotopic (exact) mass is 272 g/mol. The van der Waals surface area contributed by atoms with E-state index in [9.17, 15) is 13.2 Å². The lowest BCUT2D eigenvalue weighted by molar-refractivity contribution is 0.487. The molecule has 6 heteroatoms. The van der Waals surface area contributed by atoms with Crippen molar-refractivity contribution in [3.05, 3.63) is 51.7 Å². The van der Waals surface area contributed by atoms with E-state index in [0.717, 1.165) is 17.5 Å². The van der Waals surface area contributed by atoms with Crippen molar-refractivity contribution in [2.24, 2.45) is 0 Å². The first-order chi connectivity index (χ1) is 8.66. The summed E-state index contributed by atoms with van der Waals surface area (Å²) in [6.45, 7) is 0.764. The van der Waals surface area contributed by atoms with Crippen LogP contribution < -0.4 is 5.32 Å². The van der Waals surface area contributed by atoms with Crippen LogP contribution in [0.4, 0.5) is 13.2 Å². The first-order valence-corrected chi connectivity index (χ1v) is 6.27. The largest absolute Gasteiger partial charge is 0.312 e. The minimum absolute atomic E-state index is 0.119. The van der Waals surface area contributed by atoms with E-state index >= 15 is 0 Å². The van der Waals surface area contributed by atoms with E-state index in [0.29, 0.717) is 12.6 Å². The van der Waals surface area contributed by atoms with Crippen molar-refractivity contribution in [2.75, 3.05) is 6.54 Å². The van der Waals surface area contributed by atoms with Crippen LogP contribution >= 0.6 is 11.3 Å². The van der Waals surface area contributed by atoms with E-state index in [1.54, 1.807) is 17.5 Å². The number of benzene rings is 1. The molecule has 2 nitrogen and oxygen atoms in total. The zero-order valence-electron chi connectivity index (χ0n) is 9.42. The van der Waals surface area contributed by atoms with Gasteiger partial charge < -0.3 is 5.32 Å². The van der Waals surface area contributed by atoms with Crippen molar-refractivity contribution in [1.29, 1.82) is 0 Å². The molecule has 0 saturated carbocycles. The van der Waals surface area contributed by atoms with Gasteiger partial charge in [0.15, 0.2) is 11.6 Å². The van der Waals surface area contributed by atoms with Crippen LogP contribution in [0, 0.1) is 17.5 Å². The molecule has 0 spiro atoms. The van der Waals surface area contributed by atoms with E-state index in [2.05, 4.69) is 10.3 Å². The van der Waals surface area contributed by atoms with Gasteiger partial charge in [-0.05, 0) is 6.07 Å². The standard InChI is InChI=1S/C12H11F3N2S/c13-9-6-11(15)10(14)5-8(9)7-16-2-1-12-17-3-4-18-12/h3-6,16H,1-2,7H2. The number of halogens is 3. The number of hydrogen-bond donors (Lipinski definition) is 1. The molecule has 0 aliphatic rings. The van der Waals surface area contributed by atoms with Gasteiger partial charge in [0.25, 0.3) is 0 Å². The summed E-state index contributed by atoms with van der Waals surface area (Å²) < 4.78 is 38.9. The first kappa shape index (κ1) is 13.0. The lowest BCUT2D eigenvalue weighted by atomic mass is 10.2. The van der Waals surface area contributed by atoms with Crippen molar-refractivity contribution in [3.63, 3.8) is 0 Å². The van der Waals surface area contributed by atoms with Crippen LogP contribution in [0.15, 0.2) is 23.7 Å². The van der Waals surface area contributed by atoms with Gasteiger partial charge in [-0.25, -0.2) is 18.2 Å². The Kier molecular flexibility index (Phi) is 4.33. The summed E-state index contributed by atoms with van der Waals surface area (Å²) in [5.41, 5.74) is 0.119. The second kappa shape index (κ2) is 5.97. The summed E-state index contributed by atoms with van der Waals surface area (Å²) in [4.78, 5) is 4.10. The molecule has 1 aromatic heterocycles. The third kappa shape index (κ3) is 3.30. The summed E-state index contributed by atoms with van der Waals surface area (Å²) in [6.07, 6.45) is 2.44. The van der Waals surface area contributed by atoms with E-state index in [-0.39, 0.29) is 12.1 Å². The Morgan fingerprint density at radius 1 is 1.11 bits per heavy atom. The topological polar surface area (TPSA) is 24.9 Å². The van der Waals surface area contributed by atoms with Gasteiger partial charge in [0.2, 0.25) is 0 Å². The number of nitrogens with zero attached hydrogens (tertiary/aromatic N) is 1. The zero-order valence-corrected chi connectivity index (χ0v) is 10.2. The van der Waals surface area contributed by atoms with Gasteiger partial charge >= 0.3 is 0 Å². The van der Waals surface area contributed by atoms with Crippen molar-refractivity contribution < 1.29 is 13.2 Å². The Bertz CT molecular complexity index is 514. The number of hydrogen-bond acceptors (Lipinski definition) is 3. The maximum absolute atomic E-state index is 13.3. The number of aromatic nitrogens is 1. The molecule has 0 aliphatic carbocycles. The van der Waals surface area contributed by atoms with Gasteiger partial charge in [0.05, 0.1) is 5.01 Å². The quantitative estimate of drug-likeness (QED) is 0.668. The molecule has 0 saturated heterocycles. The predicted molar refractivity (Wildman–Crippen MR) is 63.8 cm³/mol. The van der Waals surface area contributed by atoms with Crippen molar-refractivity contribution in [3.8, 4) is 0 Å². The molecule has 0 fully saturated rings. The highest BCUT2D eigenvalue weighted by molar-refractivity contribution is 7.09. The van der Waals surface area contributed by atoms with E-state index in [1.807, 2.05) is 5.38 Å². The highest BCUT2D eigenvalue weighted by Crippen LogP contribution is 2.13. The fraction of sp³-hybridized carbons (Fsp3) is 0.250. The second-order valence-corrected chi connectivity index (χ2v) is 4.69. The molecule has 1 heterocycles. The van der Waals surface area contributed by atoms with Gasteiger partial charge in [0.1, 0.15) is 5.82 Å². The maximum atomic E-state index is 13.3. The molecular formula is C12H11F3N2S. The molecule has 1 N–H and O–H groups in total. The summed E-state index contributed by atoms with van der Waals surface area (Å²) >= 11 is 1.54. The second-order valence-electron chi connectivity index (χ2n) is 3.71. The minimum atomic E-state index is -1.17. The van der Waals surface area contributed by atoms with Crippen LogP contribution in [0.3, 0.4) is 0 Å². The highest BCUT2D eigenvalue weighted by Gasteiger charge is 2.09. The Morgan fingerprint density at radius 3 is 2.61 bits per heavy atom. The number of thiazole rings is 1. The van der Waals surface area contributed by atoms with E-state index in [4.69, 9.17) is 0 Å². The Hall–Kier alpha value is -1.40. The van der Waals surface area contributed by atoms with Crippen LogP contribution in [-0.2, 0) is 13.0 Å². The summed E-state index contributed by atoms with van der Waals surface area (Å²) in [6, 6.07) is 1.44. The van der Waals surface area contributed by atoms with Crippen molar-refractivity contribution >= 4 is 11.3 Å². The molecule has 0 atom stereocenters. The van der Waals surface area contributed by atoms with Gasteiger partial charge in [-0.2, -0.15) is 0 Å². The van der Waals surface area contributed by atoms with E-state index < -0.39 is 17.5 Å². The average molecular weight is 272 g/mol. The molecule has 0 unspecified atom stereocenters. The van der Waals surface area contributed by atoms with Crippen LogP contribution in [-0.4, -0.2) is 11.5 Å². The predicted octanol–water partition coefficient (Wildman–Crippen LogP) is 2.89. The normalized spacial score (nSPS) is 10.8. The first-order valence-electron chi connectivity index (χ1n) is 5.39. The Labute approximate surface area is 106 Å². The molecule has 0 bridgehead atoms. The number of nitrogens with one attached hydrogen (secondary N) is 1. The molecule has 0 aliphatic heterocycles. The summed E-state index contributed by atoms with van der Waals surface area (Å²) in [5.74, 6) is -2.94. The molecular weight excluding hydrogens is 261 g/mol. The van der Waals surface area contributed by atoms with Crippen molar-refractivity contribution in [2.45, 2.75) is 13.0 Å². The molecule has 0 amide bonds. The average Bonchev–Trinajstić information content (AvgIpc) is 2.84. The summed E-state index contributed by atoms with van der Waals surface area (Å²) in [7, 11) is 0. The van der Waals surface area contributed by atoms with E-state index in [1.165, 1.54) is 0 Å². The lowest BCUT2D eigenvalue weighted by Gasteiger charge is -2.05. The fourth-order valence-electron chi connectivity index (χ4n) is 1.49. The fourth-order valence-corrected chi connectivity index (χ4v) is 2.11. The molecule has 2 aromatic rings. The Balaban J connectivity index is 1.85. The third-order valence-corrected chi connectivity index (χ3v) is 3.24. The highest BCUT2D eigenvalue weighted by atomic mass is 32.1. The van der Waals surface area contributed by atoms with Gasteiger partial charge in [-0.3, -0.25) is 0 Å². The molecule has 18 heavy (non-hydrogen) atoms. The lowest BCUT2D eigenvalue weighted by Crippen LogP contribution is -2.17. The number of rotatable bonds is 5. The summed E-state index contributed by atoms with van der Waals surface area (Å²) in [5, 5.41) is 5.82. The Morgan fingerprint density at radius 2 is 1.89 bits per heavy atom. The zero-order chi connectivity index (χ0) is 13.0. The SMILES string of the molecule is Fc1cc(F)c(CNCCc2nccs2)cc1F. The maximum Gasteiger partial charge on any atom is 0.161 e. The van der Waals surface area contributed by atoms with Crippen molar-refractivity contribution in [1.82, 2.24) is 10.3 Å². The minimum Gasteiger partial charge on any atom is -0.312 e. The third-order valence-electron chi connectivity index (χ3n) is 2.40. The van der Waals surface area contributed by atoms with Crippen LogP contribution in [0.25, 0.3) is 0 Å². The molecule has 0 radical (unpaired) electrons. The molecule has 2 rings (SSSR count). The van der Waals surface area contributed by atoms with Crippen LogP contribution in [0.1, 0.15) is 10.6 Å². The van der Waals surface area contributed by atoms with Gasteiger partial charge in [-0.15, -0.1) is 11.3 Å². The molecule has 96 valence electrons. The smallest absolute Gasteiger partial charge is 0.161 e. The van der Waals surface area contributed by atoms with Crippen LogP contribution in [0.2, 0.25) is 0 Å². The van der Waals surface area contributed by atoms with Gasteiger partial charge in [-0.1, -0.05) is 0 Å².